The van der Waals surface area contributed by atoms with Crippen LogP contribution in [-0.2, 0) is 16.1 Å². The predicted molar refractivity (Wildman–Crippen MR) is 85.7 cm³/mol. The van der Waals surface area contributed by atoms with Gasteiger partial charge in [-0.15, -0.1) is 0 Å². The van der Waals surface area contributed by atoms with Crippen LogP contribution in [0.1, 0.15) is 12.2 Å². The lowest BCUT2D eigenvalue weighted by atomic mass is 10.3. The highest BCUT2D eigenvalue weighted by Crippen LogP contribution is 2.09. The average Bonchev–Trinajstić information content (AvgIpc) is 3.05. The van der Waals surface area contributed by atoms with Gasteiger partial charge in [-0.05, 0) is 30.7 Å². The molecule has 1 aromatic heterocycles. The first kappa shape index (κ1) is 16.1. The first-order chi connectivity index (χ1) is 10.8. The van der Waals surface area contributed by atoms with E-state index in [4.69, 9.17) is 9.15 Å². The molecule has 0 saturated heterocycles. The molecule has 0 aliphatic rings. The van der Waals surface area contributed by atoms with Crippen molar-refractivity contribution in [3.63, 3.8) is 0 Å². The summed E-state index contributed by atoms with van der Waals surface area (Å²) in [4.78, 5) is 13.8. The summed E-state index contributed by atoms with van der Waals surface area (Å²) in [6, 6.07) is 13.6. The molecule has 118 valence electrons. The number of nitrogens with zero attached hydrogens (tertiary/aromatic N) is 1. The number of likely N-dealkylation sites (N-methyl/N-ethyl adjacent to an activating group) is 1. The van der Waals surface area contributed by atoms with Crippen molar-refractivity contribution in [2.24, 2.45) is 0 Å². The van der Waals surface area contributed by atoms with E-state index in [-0.39, 0.29) is 5.91 Å². The molecule has 0 spiro atoms. The molecule has 1 N–H and O–H groups in total. The van der Waals surface area contributed by atoms with Gasteiger partial charge in [0.05, 0.1) is 12.8 Å². The molecule has 0 saturated carbocycles. The third kappa shape index (κ3) is 5.61. The minimum atomic E-state index is 0.0115. The minimum absolute atomic E-state index is 0.0115. The zero-order valence-electron chi connectivity index (χ0n) is 12.8. The van der Waals surface area contributed by atoms with Crippen LogP contribution >= 0.6 is 0 Å². The second-order valence-corrected chi connectivity index (χ2v) is 5.03. The Kier molecular flexibility index (Phi) is 6.51. The molecule has 0 bridgehead atoms. The van der Waals surface area contributed by atoms with Crippen LogP contribution in [0.2, 0.25) is 0 Å². The first-order valence-corrected chi connectivity index (χ1v) is 7.39. The Labute approximate surface area is 130 Å². The number of amides is 1. The number of hydrogen-bond donors (Lipinski definition) is 1. The van der Waals surface area contributed by atoms with Crippen LogP contribution in [0.15, 0.2) is 53.1 Å². The Morgan fingerprint density at radius 3 is 2.77 bits per heavy atom. The first-order valence-electron chi connectivity index (χ1n) is 7.39. The van der Waals surface area contributed by atoms with Crippen molar-refractivity contribution in [3.05, 3.63) is 54.5 Å². The Bertz CT molecular complexity index is 540. The molecule has 5 heteroatoms. The van der Waals surface area contributed by atoms with Gasteiger partial charge >= 0.3 is 0 Å². The van der Waals surface area contributed by atoms with Crippen LogP contribution in [-0.4, -0.2) is 32.7 Å². The van der Waals surface area contributed by atoms with E-state index in [0.29, 0.717) is 26.3 Å². The van der Waals surface area contributed by atoms with Gasteiger partial charge in [-0.2, -0.15) is 0 Å². The topological polar surface area (TPSA) is 54.7 Å². The maximum Gasteiger partial charge on any atom is 0.239 e. The van der Waals surface area contributed by atoms with Gasteiger partial charge in [-0.3, -0.25) is 4.79 Å². The van der Waals surface area contributed by atoms with Crippen LogP contribution in [0.4, 0.5) is 5.69 Å². The van der Waals surface area contributed by atoms with Crippen LogP contribution in [0.25, 0.3) is 0 Å². The van der Waals surface area contributed by atoms with Crippen LogP contribution in [0.3, 0.4) is 0 Å². The Morgan fingerprint density at radius 2 is 2.05 bits per heavy atom. The lowest BCUT2D eigenvalue weighted by Crippen LogP contribution is -2.35. The molecule has 0 atom stereocenters. The number of hydrogen-bond acceptors (Lipinski definition) is 4. The number of nitrogens with one attached hydrogen (secondary N) is 1. The fraction of sp³-hybridized carbons (Fsp3) is 0.353. The van der Waals surface area contributed by atoms with Crippen molar-refractivity contribution < 1.29 is 13.9 Å². The number of carbonyl (C=O) groups excluding carboxylic acids is 1. The summed E-state index contributed by atoms with van der Waals surface area (Å²) in [5.74, 6) is 0.825. The van der Waals surface area contributed by atoms with E-state index in [1.165, 1.54) is 0 Å². The maximum absolute atomic E-state index is 11.8. The standard InChI is InChI=1S/C17H22N2O3/c1-19(15-7-3-2-4-8-15)13-17(20)18-10-6-11-21-14-16-9-5-12-22-16/h2-5,7-9,12H,6,10-11,13-14H2,1H3,(H,18,20). The highest BCUT2D eigenvalue weighted by Gasteiger charge is 2.06. The molecule has 0 radical (unpaired) electrons. The van der Waals surface area contributed by atoms with Crippen LogP contribution in [0, 0.1) is 0 Å². The summed E-state index contributed by atoms with van der Waals surface area (Å²) < 4.78 is 10.6. The molecule has 22 heavy (non-hydrogen) atoms. The summed E-state index contributed by atoms with van der Waals surface area (Å²) in [5.41, 5.74) is 1.03. The molecule has 1 amide bonds. The van der Waals surface area contributed by atoms with E-state index in [0.717, 1.165) is 17.9 Å². The summed E-state index contributed by atoms with van der Waals surface area (Å²) in [7, 11) is 1.90. The molecule has 0 aliphatic heterocycles. The van der Waals surface area contributed by atoms with E-state index < -0.39 is 0 Å². The lowest BCUT2D eigenvalue weighted by molar-refractivity contribution is -0.119. The van der Waals surface area contributed by atoms with Crippen molar-refractivity contribution in [1.82, 2.24) is 5.32 Å². The smallest absolute Gasteiger partial charge is 0.239 e. The molecule has 1 heterocycles. The van der Waals surface area contributed by atoms with Gasteiger partial charge in [-0.1, -0.05) is 18.2 Å². The second kappa shape index (κ2) is 8.89. The third-order valence-corrected chi connectivity index (χ3v) is 3.19. The molecular weight excluding hydrogens is 280 g/mol. The van der Waals surface area contributed by atoms with Gasteiger partial charge in [0.2, 0.25) is 5.91 Å². The van der Waals surface area contributed by atoms with Gasteiger partial charge < -0.3 is 19.4 Å². The number of carbonyl (C=O) groups is 1. The molecule has 1 aromatic carbocycles. The van der Waals surface area contributed by atoms with Gasteiger partial charge in [-0.25, -0.2) is 0 Å². The van der Waals surface area contributed by atoms with Crippen molar-refractivity contribution in [2.75, 3.05) is 31.6 Å². The van der Waals surface area contributed by atoms with Gasteiger partial charge in [0.1, 0.15) is 12.4 Å². The van der Waals surface area contributed by atoms with E-state index in [1.54, 1.807) is 6.26 Å². The average molecular weight is 302 g/mol. The number of ether oxygens (including phenoxy) is 1. The van der Waals surface area contributed by atoms with Crippen molar-refractivity contribution in [3.8, 4) is 0 Å². The zero-order chi connectivity index (χ0) is 15.6. The highest BCUT2D eigenvalue weighted by molar-refractivity contribution is 5.81. The summed E-state index contributed by atoms with van der Waals surface area (Å²) >= 11 is 0. The molecule has 0 unspecified atom stereocenters. The third-order valence-electron chi connectivity index (χ3n) is 3.19. The molecular formula is C17H22N2O3. The van der Waals surface area contributed by atoms with E-state index in [2.05, 4.69) is 5.32 Å². The van der Waals surface area contributed by atoms with E-state index in [1.807, 2.05) is 54.4 Å². The largest absolute Gasteiger partial charge is 0.467 e. The normalized spacial score (nSPS) is 10.4. The highest BCUT2D eigenvalue weighted by atomic mass is 16.5. The Hall–Kier alpha value is -2.27. The number of anilines is 1. The number of rotatable bonds is 9. The number of furan rings is 1. The summed E-state index contributed by atoms with van der Waals surface area (Å²) in [6.07, 6.45) is 2.41. The quantitative estimate of drug-likeness (QED) is 0.723. The van der Waals surface area contributed by atoms with Gasteiger partial charge in [0.25, 0.3) is 0 Å². The molecule has 2 rings (SSSR count). The molecule has 5 nitrogen and oxygen atoms in total. The second-order valence-electron chi connectivity index (χ2n) is 5.03. The van der Waals surface area contributed by atoms with Gasteiger partial charge in [0.15, 0.2) is 0 Å². The Balaban J connectivity index is 1.54. The van der Waals surface area contributed by atoms with E-state index >= 15 is 0 Å². The van der Waals surface area contributed by atoms with Gasteiger partial charge in [0, 0.05) is 25.9 Å². The molecule has 0 aliphatic carbocycles. The maximum atomic E-state index is 11.8. The van der Waals surface area contributed by atoms with Crippen LogP contribution < -0.4 is 10.2 Å². The predicted octanol–water partition coefficient (Wildman–Crippen LogP) is 2.44. The number of para-hydroxylation sites is 1. The SMILES string of the molecule is CN(CC(=O)NCCCOCc1ccco1)c1ccccc1. The minimum Gasteiger partial charge on any atom is -0.467 e. The molecule has 2 aromatic rings. The molecule has 0 fully saturated rings. The number of benzene rings is 1. The van der Waals surface area contributed by atoms with Crippen LogP contribution in [0.5, 0.6) is 0 Å². The van der Waals surface area contributed by atoms with Crippen molar-refractivity contribution in [1.29, 1.82) is 0 Å². The monoisotopic (exact) mass is 302 g/mol. The Morgan fingerprint density at radius 1 is 1.23 bits per heavy atom. The summed E-state index contributed by atoms with van der Waals surface area (Å²) in [6.45, 7) is 2.02. The summed E-state index contributed by atoms with van der Waals surface area (Å²) in [5, 5.41) is 2.89. The van der Waals surface area contributed by atoms with Crippen molar-refractivity contribution in [2.45, 2.75) is 13.0 Å². The van der Waals surface area contributed by atoms with E-state index in [9.17, 15) is 4.79 Å². The fourth-order valence-electron chi connectivity index (χ4n) is 2.01. The zero-order valence-corrected chi connectivity index (χ0v) is 12.8. The lowest BCUT2D eigenvalue weighted by Gasteiger charge is -2.18. The fourth-order valence-corrected chi connectivity index (χ4v) is 2.01. The van der Waals surface area contributed by atoms with Crippen molar-refractivity contribution >= 4 is 11.6 Å².